The Bertz CT molecular complexity index is 845. The van der Waals surface area contributed by atoms with Crippen LogP contribution in [0.4, 0.5) is 0 Å². The molecule has 1 aromatic carbocycles. The number of nitrogens with zero attached hydrogens (tertiary/aromatic N) is 2. The lowest BCUT2D eigenvalue weighted by atomic mass is 9.73. The van der Waals surface area contributed by atoms with Gasteiger partial charge in [-0.05, 0) is 49.6 Å². The summed E-state index contributed by atoms with van der Waals surface area (Å²) in [6.07, 6.45) is 2.09. The number of ether oxygens (including phenoxy) is 2. The molecule has 0 aliphatic carbocycles. The molecule has 4 rings (SSSR count). The SMILES string of the molecule is Cc1cc(CN)cc(Oc2cccc(C(=O)N3CC4(CCOCC4)C3)c2)n1.Cl. The van der Waals surface area contributed by atoms with E-state index in [1.807, 2.05) is 42.2 Å². The first-order valence-corrected chi connectivity index (χ1v) is 9.40. The molecule has 2 N–H and O–H groups in total. The molecule has 0 unspecified atom stereocenters. The lowest BCUT2D eigenvalue weighted by Crippen LogP contribution is -2.60. The van der Waals surface area contributed by atoms with Gasteiger partial charge in [0.1, 0.15) is 5.75 Å². The molecule has 2 saturated heterocycles. The van der Waals surface area contributed by atoms with Crippen molar-refractivity contribution < 1.29 is 14.3 Å². The van der Waals surface area contributed by atoms with Crippen LogP contribution in [0.3, 0.4) is 0 Å². The molecule has 0 saturated carbocycles. The first kappa shape index (κ1) is 20.6. The molecule has 1 amide bonds. The van der Waals surface area contributed by atoms with Gasteiger partial charge in [-0.1, -0.05) is 6.07 Å². The molecule has 2 aromatic rings. The number of pyridine rings is 1. The van der Waals surface area contributed by atoms with Gasteiger partial charge in [-0.2, -0.15) is 0 Å². The normalized spacial score (nSPS) is 17.6. The Kier molecular flexibility index (Phi) is 6.23. The van der Waals surface area contributed by atoms with Crippen LogP contribution in [-0.4, -0.2) is 42.1 Å². The van der Waals surface area contributed by atoms with E-state index in [4.69, 9.17) is 15.2 Å². The number of carbonyl (C=O) groups is 1. The number of halogens is 1. The highest BCUT2D eigenvalue weighted by Crippen LogP contribution is 2.40. The highest BCUT2D eigenvalue weighted by atomic mass is 35.5. The summed E-state index contributed by atoms with van der Waals surface area (Å²) in [4.78, 5) is 19.1. The standard InChI is InChI=1S/C21H25N3O3.ClH/c1-15-9-16(12-22)10-19(23-15)27-18-4-2-3-17(11-18)20(25)24-13-21(14-24)5-7-26-8-6-21;/h2-4,9-11H,5-8,12-14,22H2,1H3;1H. The van der Waals surface area contributed by atoms with Gasteiger partial charge in [0.25, 0.3) is 5.91 Å². The van der Waals surface area contributed by atoms with E-state index in [0.717, 1.165) is 50.4 Å². The van der Waals surface area contributed by atoms with Crippen LogP contribution in [0, 0.1) is 12.3 Å². The van der Waals surface area contributed by atoms with Crippen molar-refractivity contribution in [3.63, 3.8) is 0 Å². The van der Waals surface area contributed by atoms with E-state index in [0.29, 0.717) is 23.7 Å². The fraction of sp³-hybridized carbons (Fsp3) is 0.429. The van der Waals surface area contributed by atoms with Crippen molar-refractivity contribution in [3.05, 3.63) is 53.2 Å². The molecular weight excluding hydrogens is 378 g/mol. The smallest absolute Gasteiger partial charge is 0.254 e. The minimum absolute atomic E-state index is 0. The van der Waals surface area contributed by atoms with Crippen molar-refractivity contribution >= 4 is 18.3 Å². The van der Waals surface area contributed by atoms with Gasteiger partial charge >= 0.3 is 0 Å². The molecule has 2 aliphatic heterocycles. The number of aryl methyl sites for hydroxylation is 1. The Morgan fingerprint density at radius 1 is 1.25 bits per heavy atom. The maximum atomic E-state index is 12.8. The largest absolute Gasteiger partial charge is 0.439 e. The molecule has 1 spiro atoms. The second kappa shape index (κ2) is 8.47. The van der Waals surface area contributed by atoms with Crippen molar-refractivity contribution in [2.24, 2.45) is 11.1 Å². The third-order valence-corrected chi connectivity index (χ3v) is 5.42. The highest BCUT2D eigenvalue weighted by molar-refractivity contribution is 5.95. The monoisotopic (exact) mass is 403 g/mol. The van der Waals surface area contributed by atoms with Crippen molar-refractivity contribution in [1.29, 1.82) is 0 Å². The molecule has 0 radical (unpaired) electrons. The van der Waals surface area contributed by atoms with E-state index in [-0.39, 0.29) is 23.7 Å². The Balaban J connectivity index is 0.00000225. The molecule has 7 heteroatoms. The number of rotatable bonds is 4. The summed E-state index contributed by atoms with van der Waals surface area (Å²) in [6.45, 7) is 5.58. The van der Waals surface area contributed by atoms with E-state index in [1.54, 1.807) is 6.07 Å². The van der Waals surface area contributed by atoms with Gasteiger partial charge in [-0.15, -0.1) is 12.4 Å². The fourth-order valence-corrected chi connectivity index (χ4v) is 3.90. The van der Waals surface area contributed by atoms with Crippen LogP contribution in [0.5, 0.6) is 11.6 Å². The Labute approximate surface area is 171 Å². The van der Waals surface area contributed by atoms with Gasteiger partial charge in [0.2, 0.25) is 5.88 Å². The molecule has 0 atom stereocenters. The number of carbonyl (C=O) groups excluding carboxylic acids is 1. The minimum atomic E-state index is 0. The average molecular weight is 404 g/mol. The first-order chi connectivity index (χ1) is 13.1. The van der Waals surface area contributed by atoms with Gasteiger partial charge in [-0.3, -0.25) is 4.79 Å². The number of nitrogens with two attached hydrogens (primary N) is 1. The maximum Gasteiger partial charge on any atom is 0.254 e. The van der Waals surface area contributed by atoms with E-state index in [9.17, 15) is 4.79 Å². The van der Waals surface area contributed by atoms with Crippen LogP contribution in [0.25, 0.3) is 0 Å². The molecule has 1 aromatic heterocycles. The number of hydrogen-bond acceptors (Lipinski definition) is 5. The zero-order chi connectivity index (χ0) is 18.9. The lowest BCUT2D eigenvalue weighted by Gasteiger charge is -2.52. The first-order valence-electron chi connectivity index (χ1n) is 9.40. The van der Waals surface area contributed by atoms with Crippen molar-refractivity contribution in [2.45, 2.75) is 26.3 Å². The zero-order valence-corrected chi connectivity index (χ0v) is 16.8. The van der Waals surface area contributed by atoms with Crippen LogP contribution < -0.4 is 10.5 Å². The van der Waals surface area contributed by atoms with Gasteiger partial charge in [0.15, 0.2) is 0 Å². The molecule has 0 bridgehead atoms. The summed E-state index contributed by atoms with van der Waals surface area (Å²) >= 11 is 0. The van der Waals surface area contributed by atoms with E-state index in [2.05, 4.69) is 4.98 Å². The van der Waals surface area contributed by atoms with Gasteiger partial charge < -0.3 is 20.1 Å². The summed E-state index contributed by atoms with van der Waals surface area (Å²) in [6, 6.07) is 11.0. The second-order valence-electron chi connectivity index (χ2n) is 7.56. The summed E-state index contributed by atoms with van der Waals surface area (Å²) < 4.78 is 11.3. The van der Waals surface area contributed by atoms with E-state index in [1.165, 1.54) is 0 Å². The second-order valence-corrected chi connectivity index (χ2v) is 7.56. The van der Waals surface area contributed by atoms with E-state index < -0.39 is 0 Å². The number of hydrogen-bond donors (Lipinski definition) is 1. The molecule has 28 heavy (non-hydrogen) atoms. The van der Waals surface area contributed by atoms with Crippen LogP contribution in [-0.2, 0) is 11.3 Å². The molecule has 2 fully saturated rings. The van der Waals surface area contributed by atoms with Crippen molar-refractivity contribution in [2.75, 3.05) is 26.3 Å². The topological polar surface area (TPSA) is 77.7 Å². The number of likely N-dealkylation sites (tertiary alicyclic amines) is 1. The van der Waals surface area contributed by atoms with Crippen LogP contribution in [0.1, 0.15) is 34.5 Å². The molecule has 150 valence electrons. The summed E-state index contributed by atoms with van der Waals surface area (Å²) in [5, 5.41) is 0. The zero-order valence-electron chi connectivity index (χ0n) is 16.0. The average Bonchev–Trinajstić information content (AvgIpc) is 2.66. The number of benzene rings is 1. The highest BCUT2D eigenvalue weighted by Gasteiger charge is 2.45. The number of amides is 1. The van der Waals surface area contributed by atoms with Gasteiger partial charge in [0.05, 0.1) is 0 Å². The third kappa shape index (κ3) is 4.29. The lowest BCUT2D eigenvalue weighted by molar-refractivity contribution is -0.0666. The van der Waals surface area contributed by atoms with Crippen molar-refractivity contribution in [1.82, 2.24) is 9.88 Å². The van der Waals surface area contributed by atoms with Crippen LogP contribution in [0.15, 0.2) is 36.4 Å². The fourth-order valence-electron chi connectivity index (χ4n) is 3.90. The summed E-state index contributed by atoms with van der Waals surface area (Å²) in [5.74, 6) is 1.14. The molecule has 6 nitrogen and oxygen atoms in total. The Hall–Kier alpha value is -2.15. The van der Waals surface area contributed by atoms with Crippen LogP contribution >= 0.6 is 12.4 Å². The molecule has 2 aliphatic rings. The molecule has 3 heterocycles. The van der Waals surface area contributed by atoms with E-state index >= 15 is 0 Å². The maximum absolute atomic E-state index is 12.8. The third-order valence-electron chi connectivity index (χ3n) is 5.42. The quantitative estimate of drug-likeness (QED) is 0.847. The minimum Gasteiger partial charge on any atom is -0.439 e. The predicted octanol–water partition coefficient (Wildman–Crippen LogP) is 3.32. The predicted molar refractivity (Wildman–Crippen MR) is 109 cm³/mol. The van der Waals surface area contributed by atoms with Crippen LogP contribution in [0.2, 0.25) is 0 Å². The van der Waals surface area contributed by atoms with Gasteiger partial charge in [0, 0.05) is 55.6 Å². The summed E-state index contributed by atoms with van der Waals surface area (Å²) in [5.41, 5.74) is 8.44. The Morgan fingerprint density at radius 3 is 2.71 bits per heavy atom. The van der Waals surface area contributed by atoms with Gasteiger partial charge in [-0.25, -0.2) is 4.98 Å². The van der Waals surface area contributed by atoms with Crippen molar-refractivity contribution in [3.8, 4) is 11.6 Å². The Morgan fingerprint density at radius 2 is 2.00 bits per heavy atom. The number of aromatic nitrogens is 1. The summed E-state index contributed by atoms with van der Waals surface area (Å²) in [7, 11) is 0. The molecular formula is C21H26ClN3O3.